The Morgan fingerprint density at radius 1 is 1.41 bits per heavy atom. The zero-order chi connectivity index (χ0) is 15.7. The molecule has 0 unspecified atom stereocenters. The Labute approximate surface area is 128 Å². The van der Waals surface area contributed by atoms with Gasteiger partial charge in [0.05, 0.1) is 29.7 Å². The standard InChI is InChI=1S/C15H20N4O3/c1-11-12(9-16-13-3-6-17-19(11)13)14(21)18-7-2-4-15(22,10-20)5-8-18/h3,6,9,20,22H,2,4-5,7-8,10H2,1H3/t15-/m1/s1. The fraction of sp³-hybridized carbons (Fsp3) is 0.533. The zero-order valence-corrected chi connectivity index (χ0v) is 12.6. The average molecular weight is 304 g/mol. The van der Waals surface area contributed by atoms with Gasteiger partial charge >= 0.3 is 0 Å². The molecule has 0 spiro atoms. The number of fused-ring (bicyclic) bond motifs is 1. The first-order valence-electron chi connectivity index (χ1n) is 7.46. The van der Waals surface area contributed by atoms with E-state index in [0.717, 1.165) is 5.69 Å². The van der Waals surface area contributed by atoms with Crippen molar-refractivity contribution in [2.75, 3.05) is 19.7 Å². The zero-order valence-electron chi connectivity index (χ0n) is 12.6. The van der Waals surface area contributed by atoms with Gasteiger partial charge in [-0.1, -0.05) is 0 Å². The van der Waals surface area contributed by atoms with Gasteiger partial charge in [0.15, 0.2) is 5.65 Å². The number of aliphatic hydroxyl groups excluding tert-OH is 1. The third kappa shape index (κ3) is 2.57. The van der Waals surface area contributed by atoms with Gasteiger partial charge in [-0.2, -0.15) is 5.10 Å². The highest BCUT2D eigenvalue weighted by molar-refractivity contribution is 5.95. The van der Waals surface area contributed by atoms with Crippen molar-refractivity contribution in [1.29, 1.82) is 0 Å². The lowest BCUT2D eigenvalue weighted by Crippen LogP contribution is -2.37. The molecular formula is C15H20N4O3. The molecule has 2 N–H and O–H groups in total. The topological polar surface area (TPSA) is 91.0 Å². The maximum absolute atomic E-state index is 12.7. The Balaban J connectivity index is 1.85. The first-order valence-corrected chi connectivity index (χ1v) is 7.46. The van der Waals surface area contributed by atoms with Gasteiger partial charge in [-0.05, 0) is 26.2 Å². The minimum absolute atomic E-state index is 0.107. The number of nitrogens with zero attached hydrogens (tertiary/aromatic N) is 4. The fourth-order valence-electron chi connectivity index (χ4n) is 2.91. The van der Waals surface area contributed by atoms with Crippen molar-refractivity contribution in [3.63, 3.8) is 0 Å². The molecule has 3 heterocycles. The molecule has 0 radical (unpaired) electrons. The van der Waals surface area contributed by atoms with Gasteiger partial charge in [0.25, 0.3) is 5.91 Å². The maximum Gasteiger partial charge on any atom is 0.257 e. The molecule has 7 heteroatoms. The number of carbonyl (C=O) groups is 1. The van der Waals surface area contributed by atoms with E-state index >= 15 is 0 Å². The Morgan fingerprint density at radius 3 is 3.00 bits per heavy atom. The smallest absolute Gasteiger partial charge is 0.257 e. The van der Waals surface area contributed by atoms with Crippen LogP contribution in [0.15, 0.2) is 18.5 Å². The molecule has 1 aliphatic heterocycles. The van der Waals surface area contributed by atoms with Crippen molar-refractivity contribution < 1.29 is 15.0 Å². The number of hydrogen-bond acceptors (Lipinski definition) is 5. The van der Waals surface area contributed by atoms with Gasteiger partial charge in [-0.15, -0.1) is 0 Å². The average Bonchev–Trinajstić information content (AvgIpc) is 2.91. The molecule has 1 fully saturated rings. The molecule has 7 nitrogen and oxygen atoms in total. The number of rotatable bonds is 2. The second kappa shape index (κ2) is 5.66. The summed E-state index contributed by atoms with van der Waals surface area (Å²) in [6.45, 7) is 2.57. The number of carbonyl (C=O) groups excluding carboxylic acids is 1. The van der Waals surface area contributed by atoms with Crippen LogP contribution in [-0.2, 0) is 0 Å². The molecule has 22 heavy (non-hydrogen) atoms. The minimum Gasteiger partial charge on any atom is -0.393 e. The molecule has 1 atom stereocenters. The van der Waals surface area contributed by atoms with Crippen molar-refractivity contribution in [3.8, 4) is 0 Å². The van der Waals surface area contributed by atoms with E-state index in [-0.39, 0.29) is 12.5 Å². The van der Waals surface area contributed by atoms with E-state index in [0.29, 0.717) is 43.6 Å². The minimum atomic E-state index is -1.08. The van der Waals surface area contributed by atoms with Crippen LogP contribution >= 0.6 is 0 Å². The Kier molecular flexibility index (Phi) is 3.84. The van der Waals surface area contributed by atoms with Crippen LogP contribution in [0.3, 0.4) is 0 Å². The van der Waals surface area contributed by atoms with Crippen molar-refractivity contribution in [2.45, 2.75) is 31.8 Å². The molecule has 1 amide bonds. The van der Waals surface area contributed by atoms with E-state index in [1.54, 1.807) is 27.9 Å². The summed E-state index contributed by atoms with van der Waals surface area (Å²) in [5.41, 5.74) is 0.903. The molecule has 118 valence electrons. The highest BCUT2D eigenvalue weighted by atomic mass is 16.3. The second-order valence-electron chi connectivity index (χ2n) is 5.89. The first-order chi connectivity index (χ1) is 10.5. The van der Waals surface area contributed by atoms with E-state index in [1.807, 2.05) is 6.92 Å². The molecule has 0 aliphatic carbocycles. The third-order valence-electron chi connectivity index (χ3n) is 4.39. The lowest BCUT2D eigenvalue weighted by molar-refractivity contribution is -0.0250. The van der Waals surface area contributed by atoms with Gasteiger partial charge in [-0.25, -0.2) is 9.50 Å². The summed E-state index contributed by atoms with van der Waals surface area (Å²) in [7, 11) is 0. The second-order valence-corrected chi connectivity index (χ2v) is 5.89. The van der Waals surface area contributed by atoms with Crippen LogP contribution in [-0.4, -0.2) is 60.9 Å². The quantitative estimate of drug-likeness (QED) is 0.837. The first kappa shape index (κ1) is 14.9. The van der Waals surface area contributed by atoms with Gasteiger partial charge in [0.2, 0.25) is 0 Å². The highest BCUT2D eigenvalue weighted by Crippen LogP contribution is 2.23. The summed E-state index contributed by atoms with van der Waals surface area (Å²) in [6.07, 6.45) is 4.78. The molecule has 0 saturated carbocycles. The van der Waals surface area contributed by atoms with Crippen LogP contribution in [0.25, 0.3) is 5.65 Å². The van der Waals surface area contributed by atoms with Crippen LogP contribution in [0.2, 0.25) is 0 Å². The summed E-state index contributed by atoms with van der Waals surface area (Å²) >= 11 is 0. The van der Waals surface area contributed by atoms with Gasteiger partial charge in [0, 0.05) is 25.4 Å². The number of hydrogen-bond donors (Lipinski definition) is 2. The number of aryl methyl sites for hydroxylation is 1. The van der Waals surface area contributed by atoms with Crippen LogP contribution in [0.1, 0.15) is 35.3 Å². The highest BCUT2D eigenvalue weighted by Gasteiger charge is 2.31. The molecule has 3 rings (SSSR count). The van der Waals surface area contributed by atoms with Crippen molar-refractivity contribution in [1.82, 2.24) is 19.5 Å². The summed E-state index contributed by atoms with van der Waals surface area (Å²) in [5, 5.41) is 23.6. The summed E-state index contributed by atoms with van der Waals surface area (Å²) in [4.78, 5) is 18.7. The Hall–Kier alpha value is -1.99. The van der Waals surface area contributed by atoms with E-state index in [2.05, 4.69) is 10.1 Å². The monoisotopic (exact) mass is 304 g/mol. The number of likely N-dealkylation sites (tertiary alicyclic amines) is 1. The molecule has 2 aromatic rings. The Morgan fingerprint density at radius 2 is 2.23 bits per heavy atom. The van der Waals surface area contributed by atoms with E-state index in [9.17, 15) is 15.0 Å². The van der Waals surface area contributed by atoms with E-state index in [1.165, 1.54) is 0 Å². The van der Waals surface area contributed by atoms with E-state index in [4.69, 9.17) is 0 Å². The molecule has 2 aromatic heterocycles. The summed E-state index contributed by atoms with van der Waals surface area (Å²) in [6, 6.07) is 1.79. The third-order valence-corrected chi connectivity index (χ3v) is 4.39. The fourth-order valence-corrected chi connectivity index (χ4v) is 2.91. The van der Waals surface area contributed by atoms with Crippen LogP contribution in [0.5, 0.6) is 0 Å². The van der Waals surface area contributed by atoms with Gasteiger partial charge < -0.3 is 15.1 Å². The van der Waals surface area contributed by atoms with Gasteiger partial charge in [0.1, 0.15) is 0 Å². The summed E-state index contributed by atoms with van der Waals surface area (Å²) in [5.74, 6) is -0.107. The lowest BCUT2D eigenvalue weighted by Gasteiger charge is -2.24. The van der Waals surface area contributed by atoms with E-state index < -0.39 is 5.60 Å². The summed E-state index contributed by atoms with van der Waals surface area (Å²) < 4.78 is 1.65. The molecule has 0 aromatic carbocycles. The van der Waals surface area contributed by atoms with Crippen LogP contribution < -0.4 is 0 Å². The SMILES string of the molecule is Cc1c(C(=O)N2CCC[C@](O)(CO)CC2)cnc2ccnn12. The van der Waals surface area contributed by atoms with Crippen molar-refractivity contribution in [2.24, 2.45) is 0 Å². The molecular weight excluding hydrogens is 284 g/mol. The van der Waals surface area contributed by atoms with Crippen LogP contribution in [0.4, 0.5) is 0 Å². The Bertz CT molecular complexity index is 699. The largest absolute Gasteiger partial charge is 0.393 e. The number of aliphatic hydroxyl groups is 2. The number of aromatic nitrogens is 3. The predicted octanol–water partition coefficient (Wildman–Crippen LogP) is 0.387. The molecule has 0 bridgehead atoms. The molecule has 1 aliphatic rings. The molecule has 1 saturated heterocycles. The van der Waals surface area contributed by atoms with Gasteiger partial charge in [-0.3, -0.25) is 4.79 Å². The number of amides is 1. The van der Waals surface area contributed by atoms with Crippen molar-refractivity contribution in [3.05, 3.63) is 29.7 Å². The normalized spacial score (nSPS) is 22.8. The maximum atomic E-state index is 12.7. The van der Waals surface area contributed by atoms with Crippen LogP contribution in [0, 0.1) is 6.92 Å². The predicted molar refractivity (Wildman–Crippen MR) is 79.5 cm³/mol. The lowest BCUT2D eigenvalue weighted by atomic mass is 9.96. The van der Waals surface area contributed by atoms with Crippen molar-refractivity contribution >= 4 is 11.6 Å².